The zero-order valence-corrected chi connectivity index (χ0v) is 21.3. The molecule has 2 aromatic carbocycles. The number of hydrogen-bond acceptors (Lipinski definition) is 9. The molecule has 0 bridgehead atoms. The van der Waals surface area contributed by atoms with Gasteiger partial charge in [0.1, 0.15) is 0 Å². The first-order valence-corrected chi connectivity index (χ1v) is 11.7. The van der Waals surface area contributed by atoms with E-state index < -0.39 is 11.9 Å². The maximum Gasteiger partial charge on any atom is 0.343 e. The minimum Gasteiger partial charge on any atom is -0.493 e. The van der Waals surface area contributed by atoms with Crippen molar-refractivity contribution in [3.05, 3.63) is 71.8 Å². The lowest BCUT2D eigenvalue weighted by molar-refractivity contribution is -0.207. The molecule has 0 fully saturated rings. The second-order valence-electron chi connectivity index (χ2n) is 7.92. The van der Waals surface area contributed by atoms with Crippen LogP contribution >= 0.6 is 0 Å². The Kier molecular flexibility index (Phi) is 12.4. The molecule has 0 amide bonds. The number of carbonyl (C=O) groups is 3. The molecule has 9 nitrogen and oxygen atoms in total. The third-order valence-electron chi connectivity index (χ3n) is 4.95. The molecule has 0 saturated heterocycles. The zero-order valence-electron chi connectivity index (χ0n) is 21.3. The first-order chi connectivity index (χ1) is 17.8. The van der Waals surface area contributed by atoms with Gasteiger partial charge in [0.05, 0.1) is 33.0 Å². The van der Waals surface area contributed by atoms with Gasteiger partial charge in [-0.05, 0) is 74.2 Å². The molecule has 0 aliphatic carbocycles. The first-order valence-electron chi connectivity index (χ1n) is 11.7. The van der Waals surface area contributed by atoms with Gasteiger partial charge in [-0.25, -0.2) is 14.4 Å². The Labute approximate surface area is 216 Å². The molecule has 0 unspecified atom stereocenters. The van der Waals surface area contributed by atoms with Crippen LogP contribution in [0.1, 0.15) is 48.5 Å². The van der Waals surface area contributed by atoms with Crippen LogP contribution in [0, 0.1) is 0 Å². The lowest BCUT2D eigenvalue weighted by Crippen LogP contribution is -2.09. The molecule has 2 aromatic rings. The Balaban J connectivity index is 1.74. The van der Waals surface area contributed by atoms with E-state index in [1.54, 1.807) is 55.5 Å². The molecule has 0 spiro atoms. The molecule has 2 rings (SSSR count). The molecule has 0 saturated carbocycles. The third kappa shape index (κ3) is 10.6. The van der Waals surface area contributed by atoms with Gasteiger partial charge < -0.3 is 23.8 Å². The van der Waals surface area contributed by atoms with Crippen LogP contribution in [0.5, 0.6) is 17.2 Å². The maximum atomic E-state index is 12.6. The van der Waals surface area contributed by atoms with Gasteiger partial charge >= 0.3 is 17.9 Å². The average Bonchev–Trinajstić information content (AvgIpc) is 2.91. The largest absolute Gasteiger partial charge is 0.493 e. The standard InChI is InChI=1S/C28H32O9/c1-20(2)27(30)34-17-7-5-6-8-18-35-37-23-13-11-22(12-14-23)28(31)36-24-15-9-21(19-25(24)32-3)10-16-26(29)33-4/h9-16,19H,1,5-8,17-18H2,2-4H3. The Morgan fingerprint density at radius 2 is 1.59 bits per heavy atom. The van der Waals surface area contributed by atoms with Crippen molar-refractivity contribution >= 4 is 24.0 Å². The van der Waals surface area contributed by atoms with E-state index in [-0.39, 0.29) is 11.7 Å². The van der Waals surface area contributed by atoms with Gasteiger partial charge in [0, 0.05) is 11.6 Å². The molecule has 0 aliphatic heterocycles. The molecule has 0 radical (unpaired) electrons. The van der Waals surface area contributed by atoms with E-state index in [4.69, 9.17) is 24.0 Å². The molecule has 0 N–H and O–H groups in total. The number of hydrogen-bond donors (Lipinski definition) is 0. The highest BCUT2D eigenvalue weighted by atomic mass is 17.2. The van der Waals surface area contributed by atoms with Crippen LogP contribution < -0.4 is 14.4 Å². The summed E-state index contributed by atoms with van der Waals surface area (Å²) in [7, 11) is 2.75. The SMILES string of the molecule is C=C(C)C(=O)OCCCCCCOOc1ccc(C(=O)Oc2ccc(C=CC(=O)OC)cc2OC)cc1. The second kappa shape index (κ2) is 15.8. The lowest BCUT2D eigenvalue weighted by atomic mass is 10.2. The molecule has 0 atom stereocenters. The molecular formula is C28H32O9. The maximum absolute atomic E-state index is 12.6. The second-order valence-corrected chi connectivity index (χ2v) is 7.92. The topological polar surface area (TPSA) is 107 Å². The summed E-state index contributed by atoms with van der Waals surface area (Å²) in [5.41, 5.74) is 1.39. The number of methoxy groups -OCH3 is 2. The summed E-state index contributed by atoms with van der Waals surface area (Å²) in [6.07, 6.45) is 6.22. The fraction of sp³-hybridized carbons (Fsp3) is 0.321. The molecular weight excluding hydrogens is 480 g/mol. The van der Waals surface area contributed by atoms with Crippen LogP contribution in [0.15, 0.2) is 60.7 Å². The molecule has 9 heteroatoms. The number of esters is 3. The van der Waals surface area contributed by atoms with Gasteiger partial charge in [-0.2, -0.15) is 4.89 Å². The van der Waals surface area contributed by atoms with Crippen molar-refractivity contribution in [1.29, 1.82) is 0 Å². The smallest absolute Gasteiger partial charge is 0.343 e. The van der Waals surface area contributed by atoms with Crippen molar-refractivity contribution in [1.82, 2.24) is 0 Å². The fourth-order valence-corrected chi connectivity index (χ4v) is 2.92. The van der Waals surface area contributed by atoms with Crippen molar-refractivity contribution in [2.45, 2.75) is 32.6 Å². The van der Waals surface area contributed by atoms with Crippen LogP contribution in [0.3, 0.4) is 0 Å². The average molecular weight is 513 g/mol. The minimum absolute atomic E-state index is 0.236. The van der Waals surface area contributed by atoms with Crippen LogP contribution in [0.4, 0.5) is 0 Å². The number of carbonyl (C=O) groups excluding carboxylic acids is 3. The first kappa shape index (κ1) is 29.1. The monoisotopic (exact) mass is 512 g/mol. The van der Waals surface area contributed by atoms with Gasteiger partial charge in [0.2, 0.25) is 0 Å². The van der Waals surface area contributed by atoms with Crippen molar-refractivity contribution in [3.8, 4) is 17.2 Å². The third-order valence-corrected chi connectivity index (χ3v) is 4.95. The normalized spacial score (nSPS) is 10.6. The van der Waals surface area contributed by atoms with E-state index in [1.165, 1.54) is 20.3 Å². The van der Waals surface area contributed by atoms with E-state index >= 15 is 0 Å². The predicted octanol–water partition coefficient (Wildman–Crippen LogP) is 5.09. The highest BCUT2D eigenvalue weighted by Crippen LogP contribution is 2.29. The molecule has 198 valence electrons. The summed E-state index contributed by atoms with van der Waals surface area (Å²) < 4.78 is 20.4. The van der Waals surface area contributed by atoms with E-state index in [0.717, 1.165) is 25.7 Å². The zero-order chi connectivity index (χ0) is 27.0. The van der Waals surface area contributed by atoms with E-state index in [0.29, 0.717) is 41.4 Å². The fourth-order valence-electron chi connectivity index (χ4n) is 2.92. The Morgan fingerprint density at radius 3 is 2.24 bits per heavy atom. The van der Waals surface area contributed by atoms with E-state index in [1.807, 2.05) is 0 Å². The predicted molar refractivity (Wildman–Crippen MR) is 136 cm³/mol. The lowest BCUT2D eigenvalue weighted by Gasteiger charge is -2.10. The number of rotatable bonds is 15. The Hall–Kier alpha value is -4.11. The van der Waals surface area contributed by atoms with Crippen LogP contribution in [-0.4, -0.2) is 45.3 Å². The Bertz CT molecular complexity index is 1090. The molecule has 0 aliphatic rings. The summed E-state index contributed by atoms with van der Waals surface area (Å²) >= 11 is 0. The van der Waals surface area contributed by atoms with Gasteiger partial charge in [-0.1, -0.05) is 19.1 Å². The van der Waals surface area contributed by atoms with E-state index in [2.05, 4.69) is 11.3 Å². The van der Waals surface area contributed by atoms with Gasteiger partial charge in [-0.15, -0.1) is 0 Å². The van der Waals surface area contributed by atoms with Crippen molar-refractivity contribution < 1.29 is 43.1 Å². The number of unbranched alkanes of at least 4 members (excludes halogenated alkanes) is 3. The van der Waals surface area contributed by atoms with Gasteiger partial charge in [-0.3, -0.25) is 0 Å². The Morgan fingerprint density at radius 1 is 0.892 bits per heavy atom. The van der Waals surface area contributed by atoms with Gasteiger partial charge in [0.15, 0.2) is 17.2 Å². The number of benzene rings is 2. The quantitative estimate of drug-likeness (QED) is 0.0805. The van der Waals surface area contributed by atoms with Crippen LogP contribution in [0.25, 0.3) is 6.08 Å². The van der Waals surface area contributed by atoms with Crippen molar-refractivity contribution in [2.75, 3.05) is 27.4 Å². The summed E-state index contributed by atoms with van der Waals surface area (Å²) in [6, 6.07) is 11.2. The van der Waals surface area contributed by atoms with Crippen LogP contribution in [0.2, 0.25) is 0 Å². The summed E-state index contributed by atoms with van der Waals surface area (Å²) in [6.45, 7) is 5.93. The summed E-state index contributed by atoms with van der Waals surface area (Å²) in [4.78, 5) is 45.5. The van der Waals surface area contributed by atoms with Crippen LogP contribution in [-0.2, 0) is 24.0 Å². The minimum atomic E-state index is -0.572. The van der Waals surface area contributed by atoms with E-state index in [9.17, 15) is 14.4 Å². The summed E-state index contributed by atoms with van der Waals surface area (Å²) in [5, 5.41) is 0. The summed E-state index contributed by atoms with van der Waals surface area (Å²) in [5.74, 6) is -0.402. The highest BCUT2D eigenvalue weighted by Gasteiger charge is 2.13. The molecule has 37 heavy (non-hydrogen) atoms. The molecule has 0 aromatic heterocycles. The van der Waals surface area contributed by atoms with Crippen molar-refractivity contribution in [3.63, 3.8) is 0 Å². The highest BCUT2D eigenvalue weighted by molar-refractivity contribution is 5.91. The number of ether oxygens (including phenoxy) is 4. The molecule has 0 heterocycles. The van der Waals surface area contributed by atoms with Gasteiger partial charge in [0.25, 0.3) is 0 Å². The van der Waals surface area contributed by atoms with Crippen molar-refractivity contribution in [2.24, 2.45) is 0 Å².